The lowest BCUT2D eigenvalue weighted by atomic mass is 10.2. The van der Waals surface area contributed by atoms with Crippen LogP contribution in [-0.2, 0) is 0 Å². The van der Waals surface area contributed by atoms with Crippen molar-refractivity contribution in [2.45, 2.75) is 31.3 Å². The Morgan fingerprint density at radius 1 is 1.54 bits per heavy atom. The minimum Gasteiger partial charge on any atom is -0.326 e. The van der Waals surface area contributed by atoms with Gasteiger partial charge in [-0.2, -0.15) is 5.10 Å². The summed E-state index contributed by atoms with van der Waals surface area (Å²) in [6, 6.07) is 0.702. The highest BCUT2D eigenvalue weighted by molar-refractivity contribution is 9.10. The van der Waals surface area contributed by atoms with E-state index in [9.17, 15) is 0 Å². The summed E-state index contributed by atoms with van der Waals surface area (Å²) < 4.78 is 3.00. The summed E-state index contributed by atoms with van der Waals surface area (Å²) in [4.78, 5) is 0. The van der Waals surface area contributed by atoms with Crippen molar-refractivity contribution in [3.63, 3.8) is 0 Å². The topological polar surface area (TPSA) is 43.8 Å². The van der Waals surface area contributed by atoms with Crippen LogP contribution in [0.4, 0.5) is 0 Å². The van der Waals surface area contributed by atoms with Crippen molar-refractivity contribution in [1.82, 2.24) is 9.78 Å². The van der Waals surface area contributed by atoms with Crippen LogP contribution in [0.25, 0.3) is 0 Å². The highest BCUT2D eigenvalue weighted by Gasteiger charge is 2.25. The van der Waals surface area contributed by atoms with E-state index in [-0.39, 0.29) is 18.4 Å². The Bertz CT molecular complexity index is 276. The summed E-state index contributed by atoms with van der Waals surface area (Å²) in [5.74, 6) is 0. The van der Waals surface area contributed by atoms with Crippen LogP contribution in [0, 0.1) is 0 Å². The minimum atomic E-state index is 0. The summed E-state index contributed by atoms with van der Waals surface area (Å²) in [5, 5.41) is 4.24. The van der Waals surface area contributed by atoms with Gasteiger partial charge in [0.2, 0.25) is 0 Å². The smallest absolute Gasteiger partial charge is 0.0670 e. The first kappa shape index (κ1) is 11.0. The maximum atomic E-state index is 5.94. The number of rotatable bonds is 1. The van der Waals surface area contributed by atoms with Gasteiger partial charge >= 0.3 is 0 Å². The molecule has 1 aliphatic rings. The summed E-state index contributed by atoms with van der Waals surface area (Å²) >= 11 is 3.38. The van der Waals surface area contributed by atoms with Crippen LogP contribution in [0.3, 0.4) is 0 Å². The quantitative estimate of drug-likeness (QED) is 0.846. The zero-order valence-electron chi connectivity index (χ0n) is 7.19. The van der Waals surface area contributed by atoms with Crippen molar-refractivity contribution in [2.24, 2.45) is 5.73 Å². The third-order valence-corrected chi connectivity index (χ3v) is 2.85. The molecular weight excluding hydrogens is 253 g/mol. The predicted octanol–water partition coefficient (Wildman–Crippen LogP) is 2.12. The molecule has 74 valence electrons. The standard InChI is InChI=1S/C8H12BrN3.ClH/c9-6-4-11-12(5-6)8-3-1-2-7(8)10;/h4-5,7-8H,1-3,10H2;1H/t7-,8+;/m1./s1. The molecule has 0 unspecified atom stereocenters. The summed E-state index contributed by atoms with van der Waals surface area (Å²) in [6.45, 7) is 0. The van der Waals surface area contributed by atoms with Gasteiger partial charge in [0.1, 0.15) is 0 Å². The lowest BCUT2D eigenvalue weighted by Crippen LogP contribution is -2.27. The molecule has 0 bridgehead atoms. The van der Waals surface area contributed by atoms with Crippen molar-refractivity contribution in [2.75, 3.05) is 0 Å². The molecule has 2 atom stereocenters. The fourth-order valence-corrected chi connectivity index (χ4v) is 2.10. The largest absolute Gasteiger partial charge is 0.326 e. The third-order valence-electron chi connectivity index (χ3n) is 2.44. The van der Waals surface area contributed by atoms with Crippen LogP contribution in [0.2, 0.25) is 0 Å². The lowest BCUT2D eigenvalue weighted by molar-refractivity contribution is 0.421. The predicted molar refractivity (Wildman–Crippen MR) is 58.0 cm³/mol. The minimum absolute atomic E-state index is 0. The van der Waals surface area contributed by atoms with Crippen molar-refractivity contribution in [3.8, 4) is 0 Å². The molecule has 0 aromatic carbocycles. The van der Waals surface area contributed by atoms with Crippen LogP contribution in [0.5, 0.6) is 0 Å². The second-order valence-corrected chi connectivity index (χ2v) is 4.22. The molecule has 1 aromatic rings. The van der Waals surface area contributed by atoms with Gasteiger partial charge in [-0.15, -0.1) is 12.4 Å². The Morgan fingerprint density at radius 3 is 2.77 bits per heavy atom. The van der Waals surface area contributed by atoms with E-state index in [0.717, 1.165) is 17.3 Å². The molecule has 0 aliphatic heterocycles. The Balaban J connectivity index is 0.000000845. The first-order chi connectivity index (χ1) is 5.77. The maximum Gasteiger partial charge on any atom is 0.0670 e. The molecule has 3 nitrogen and oxygen atoms in total. The van der Waals surface area contributed by atoms with E-state index < -0.39 is 0 Å². The van der Waals surface area contributed by atoms with E-state index in [1.165, 1.54) is 6.42 Å². The van der Waals surface area contributed by atoms with Crippen molar-refractivity contribution in [1.29, 1.82) is 0 Å². The molecule has 0 radical (unpaired) electrons. The van der Waals surface area contributed by atoms with Gasteiger partial charge in [-0.05, 0) is 35.2 Å². The molecule has 0 amide bonds. The van der Waals surface area contributed by atoms with Crippen molar-refractivity contribution < 1.29 is 0 Å². The Kier molecular flexibility index (Phi) is 3.76. The van der Waals surface area contributed by atoms with Gasteiger partial charge in [0.15, 0.2) is 0 Å². The SMILES string of the molecule is Cl.N[C@@H]1CCC[C@@H]1n1cc(Br)cn1. The Hall–Kier alpha value is -0.0600. The van der Waals surface area contributed by atoms with E-state index in [0.29, 0.717) is 6.04 Å². The summed E-state index contributed by atoms with van der Waals surface area (Å²) in [7, 11) is 0. The number of hydrogen-bond acceptors (Lipinski definition) is 2. The number of nitrogens with two attached hydrogens (primary N) is 1. The fourth-order valence-electron chi connectivity index (χ4n) is 1.79. The number of aromatic nitrogens is 2. The first-order valence-corrected chi connectivity index (χ1v) is 5.02. The van der Waals surface area contributed by atoms with E-state index >= 15 is 0 Å². The molecule has 1 heterocycles. The van der Waals surface area contributed by atoms with Gasteiger partial charge in [0, 0.05) is 12.2 Å². The van der Waals surface area contributed by atoms with Crippen LogP contribution >= 0.6 is 28.3 Å². The van der Waals surface area contributed by atoms with Crippen molar-refractivity contribution in [3.05, 3.63) is 16.9 Å². The monoisotopic (exact) mass is 265 g/mol. The molecule has 13 heavy (non-hydrogen) atoms. The van der Waals surface area contributed by atoms with E-state index in [4.69, 9.17) is 5.73 Å². The maximum absolute atomic E-state index is 5.94. The molecule has 5 heteroatoms. The van der Waals surface area contributed by atoms with E-state index in [2.05, 4.69) is 21.0 Å². The lowest BCUT2D eigenvalue weighted by Gasteiger charge is -2.15. The zero-order chi connectivity index (χ0) is 8.55. The average Bonchev–Trinajstić information content (AvgIpc) is 2.58. The molecule has 1 aliphatic carbocycles. The number of halogens is 2. The van der Waals surface area contributed by atoms with Gasteiger partial charge in [-0.3, -0.25) is 4.68 Å². The molecule has 1 saturated carbocycles. The molecular formula is C8H13BrClN3. The highest BCUT2D eigenvalue weighted by atomic mass is 79.9. The summed E-state index contributed by atoms with van der Waals surface area (Å²) in [6.07, 6.45) is 7.32. The van der Waals surface area contributed by atoms with Crippen LogP contribution < -0.4 is 5.73 Å². The Morgan fingerprint density at radius 2 is 2.31 bits per heavy atom. The molecule has 0 saturated heterocycles. The van der Waals surface area contributed by atoms with Gasteiger partial charge in [-0.25, -0.2) is 0 Å². The second-order valence-electron chi connectivity index (χ2n) is 3.30. The van der Waals surface area contributed by atoms with Crippen LogP contribution in [0.1, 0.15) is 25.3 Å². The van der Waals surface area contributed by atoms with E-state index in [1.54, 1.807) is 0 Å². The van der Waals surface area contributed by atoms with Crippen LogP contribution in [0.15, 0.2) is 16.9 Å². The van der Waals surface area contributed by atoms with Gasteiger partial charge < -0.3 is 5.73 Å². The van der Waals surface area contributed by atoms with Gasteiger partial charge in [0.05, 0.1) is 16.7 Å². The molecule has 1 fully saturated rings. The van der Waals surface area contributed by atoms with Gasteiger partial charge in [-0.1, -0.05) is 0 Å². The molecule has 0 spiro atoms. The second kappa shape index (κ2) is 4.44. The fraction of sp³-hybridized carbons (Fsp3) is 0.625. The third kappa shape index (κ3) is 2.24. The first-order valence-electron chi connectivity index (χ1n) is 4.22. The van der Waals surface area contributed by atoms with Crippen molar-refractivity contribution >= 4 is 28.3 Å². The molecule has 2 rings (SSSR count). The van der Waals surface area contributed by atoms with Gasteiger partial charge in [0.25, 0.3) is 0 Å². The Labute approximate surface area is 92.2 Å². The highest BCUT2D eigenvalue weighted by Crippen LogP contribution is 2.28. The van der Waals surface area contributed by atoms with E-state index in [1.807, 2.05) is 17.1 Å². The van der Waals surface area contributed by atoms with Crippen LogP contribution in [-0.4, -0.2) is 15.8 Å². The molecule has 2 N–H and O–H groups in total. The summed E-state index contributed by atoms with van der Waals surface area (Å²) in [5.41, 5.74) is 5.94. The number of hydrogen-bond donors (Lipinski definition) is 1. The number of nitrogens with zero attached hydrogens (tertiary/aromatic N) is 2. The average molecular weight is 267 g/mol. The zero-order valence-corrected chi connectivity index (χ0v) is 9.59. The molecule has 1 aromatic heterocycles. The normalized spacial score (nSPS) is 27.2.